The lowest BCUT2D eigenvalue weighted by Crippen LogP contribution is -2.26. The average Bonchev–Trinajstić information content (AvgIpc) is 2.26. The van der Waals surface area contributed by atoms with Gasteiger partial charge in [-0.05, 0) is 12.1 Å². The maximum atomic E-state index is 12.5. The summed E-state index contributed by atoms with van der Waals surface area (Å²) < 4.78 is 37.5. The first-order chi connectivity index (χ1) is 8.09. The lowest BCUT2D eigenvalue weighted by molar-refractivity contribution is -0.137. The highest BCUT2D eigenvalue weighted by atomic mass is 35.5. The molecule has 1 aromatic carbocycles. The molecule has 6 heteroatoms. The molecule has 0 heterocycles. The molecule has 0 unspecified atom stereocenters. The van der Waals surface area contributed by atoms with Crippen molar-refractivity contribution < 1.29 is 18.0 Å². The van der Waals surface area contributed by atoms with E-state index >= 15 is 0 Å². The van der Waals surface area contributed by atoms with Crippen molar-refractivity contribution in [3.05, 3.63) is 34.3 Å². The number of carbonyl (C=O) groups is 1. The maximum Gasteiger partial charge on any atom is 0.417 e. The molecular weight excluding hydrogens is 288 g/mol. The molecular formula is C12H11Cl2F3O. The summed E-state index contributed by atoms with van der Waals surface area (Å²) in [5, 5.41) is -0.487. The van der Waals surface area contributed by atoms with Gasteiger partial charge in [-0.1, -0.05) is 31.5 Å². The smallest absolute Gasteiger partial charge is 0.294 e. The standard InChI is InChI=1S/C12H11Cl2F3O/c1-11(2,6-13)10(18)7-3-4-8(9(14)5-7)12(15,16)17/h3-5H,6H2,1-2H3. The fourth-order valence-electron chi connectivity index (χ4n) is 1.34. The van der Waals surface area contributed by atoms with Crippen LogP contribution in [0.3, 0.4) is 0 Å². The van der Waals surface area contributed by atoms with Gasteiger partial charge >= 0.3 is 6.18 Å². The summed E-state index contributed by atoms with van der Waals surface area (Å²) in [4.78, 5) is 12.0. The van der Waals surface area contributed by atoms with Crippen molar-refractivity contribution in [2.45, 2.75) is 20.0 Å². The summed E-state index contributed by atoms with van der Waals surface area (Å²) in [6.45, 7) is 3.24. The molecule has 0 amide bonds. The predicted octanol–water partition coefficient (Wildman–Crippen LogP) is 4.81. The van der Waals surface area contributed by atoms with Crippen LogP contribution in [-0.4, -0.2) is 11.7 Å². The Bertz CT molecular complexity index is 467. The lowest BCUT2D eigenvalue weighted by atomic mass is 9.86. The number of hydrogen-bond donors (Lipinski definition) is 0. The van der Waals surface area contributed by atoms with Gasteiger partial charge in [-0.2, -0.15) is 13.2 Å². The zero-order valence-electron chi connectivity index (χ0n) is 9.74. The number of Topliss-reactive ketones (excluding diaryl/α,β-unsaturated/α-hetero) is 1. The van der Waals surface area contributed by atoms with Crippen molar-refractivity contribution in [2.75, 3.05) is 5.88 Å². The highest BCUT2D eigenvalue weighted by Gasteiger charge is 2.34. The van der Waals surface area contributed by atoms with Gasteiger partial charge in [-0.15, -0.1) is 11.6 Å². The first-order valence-corrected chi connectivity index (χ1v) is 5.98. The van der Waals surface area contributed by atoms with E-state index in [0.717, 1.165) is 18.2 Å². The van der Waals surface area contributed by atoms with E-state index in [1.165, 1.54) is 0 Å². The number of rotatable bonds is 3. The molecule has 0 saturated carbocycles. The first-order valence-electron chi connectivity index (χ1n) is 5.07. The van der Waals surface area contributed by atoms with Gasteiger partial charge in [-0.25, -0.2) is 0 Å². The van der Waals surface area contributed by atoms with Crippen molar-refractivity contribution in [3.63, 3.8) is 0 Å². The molecule has 0 spiro atoms. The second-order valence-corrected chi connectivity index (χ2v) is 5.21. The number of alkyl halides is 4. The van der Waals surface area contributed by atoms with Crippen LogP contribution < -0.4 is 0 Å². The highest BCUT2D eigenvalue weighted by Crippen LogP contribution is 2.36. The van der Waals surface area contributed by atoms with Crippen LogP contribution in [0.4, 0.5) is 13.2 Å². The topological polar surface area (TPSA) is 17.1 Å². The van der Waals surface area contributed by atoms with Gasteiger partial charge < -0.3 is 0 Å². The Morgan fingerprint density at radius 1 is 1.28 bits per heavy atom. The van der Waals surface area contributed by atoms with Crippen LogP contribution in [0.5, 0.6) is 0 Å². The predicted molar refractivity (Wildman–Crippen MR) is 65.3 cm³/mol. The van der Waals surface area contributed by atoms with Gasteiger partial charge in [0, 0.05) is 16.9 Å². The van der Waals surface area contributed by atoms with E-state index in [0.29, 0.717) is 0 Å². The third-order valence-electron chi connectivity index (χ3n) is 2.49. The number of benzene rings is 1. The summed E-state index contributed by atoms with van der Waals surface area (Å²) >= 11 is 11.2. The molecule has 1 rings (SSSR count). The molecule has 0 aromatic heterocycles. The van der Waals surface area contributed by atoms with Crippen LogP contribution in [0.1, 0.15) is 29.8 Å². The van der Waals surface area contributed by atoms with Gasteiger partial charge in [0.25, 0.3) is 0 Å². The molecule has 0 saturated heterocycles. The van der Waals surface area contributed by atoms with Crippen LogP contribution in [0.2, 0.25) is 5.02 Å². The Morgan fingerprint density at radius 2 is 1.83 bits per heavy atom. The van der Waals surface area contributed by atoms with E-state index < -0.39 is 22.2 Å². The van der Waals surface area contributed by atoms with Gasteiger partial charge in [0.15, 0.2) is 5.78 Å². The first kappa shape index (κ1) is 15.3. The summed E-state index contributed by atoms with van der Waals surface area (Å²) in [6, 6.07) is 2.95. The Kier molecular flexibility index (Phi) is 4.34. The molecule has 0 aliphatic carbocycles. The Labute approximate surface area is 113 Å². The second kappa shape index (κ2) is 5.10. The summed E-state index contributed by atoms with van der Waals surface area (Å²) in [6.07, 6.45) is -4.53. The molecule has 1 nitrogen and oxygen atoms in total. The van der Waals surface area contributed by atoms with Crippen LogP contribution in [-0.2, 0) is 6.18 Å². The quantitative estimate of drug-likeness (QED) is 0.578. The molecule has 0 fully saturated rings. The monoisotopic (exact) mass is 298 g/mol. The van der Waals surface area contributed by atoms with E-state index in [4.69, 9.17) is 23.2 Å². The molecule has 0 radical (unpaired) electrons. The van der Waals surface area contributed by atoms with Gasteiger partial charge in [0.05, 0.1) is 10.6 Å². The van der Waals surface area contributed by atoms with E-state index in [9.17, 15) is 18.0 Å². The lowest BCUT2D eigenvalue weighted by Gasteiger charge is -2.20. The summed E-state index contributed by atoms with van der Waals surface area (Å²) in [5.41, 5.74) is -1.67. The van der Waals surface area contributed by atoms with Gasteiger partial charge in [0.2, 0.25) is 0 Å². The number of carbonyl (C=O) groups excluding carboxylic acids is 1. The van der Waals surface area contributed by atoms with E-state index in [2.05, 4.69) is 0 Å². The number of hydrogen-bond acceptors (Lipinski definition) is 1. The van der Waals surface area contributed by atoms with E-state index in [1.807, 2.05) is 0 Å². The number of halogens is 5. The summed E-state index contributed by atoms with van der Waals surface area (Å²) in [5.74, 6) is -0.266. The average molecular weight is 299 g/mol. The zero-order chi connectivity index (χ0) is 14.1. The highest BCUT2D eigenvalue weighted by molar-refractivity contribution is 6.32. The zero-order valence-corrected chi connectivity index (χ0v) is 11.2. The summed E-state index contributed by atoms with van der Waals surface area (Å²) in [7, 11) is 0. The van der Waals surface area contributed by atoms with Crippen LogP contribution in [0.25, 0.3) is 0 Å². The Morgan fingerprint density at radius 3 is 2.22 bits per heavy atom. The van der Waals surface area contributed by atoms with Gasteiger partial charge in [0.1, 0.15) is 0 Å². The van der Waals surface area contributed by atoms with Crippen molar-refractivity contribution in [1.29, 1.82) is 0 Å². The fraction of sp³-hybridized carbons (Fsp3) is 0.417. The molecule has 0 bridgehead atoms. The minimum absolute atomic E-state index is 0.0739. The Balaban J connectivity index is 3.17. The van der Waals surface area contributed by atoms with Crippen LogP contribution >= 0.6 is 23.2 Å². The molecule has 0 aliphatic heterocycles. The van der Waals surface area contributed by atoms with Crippen molar-refractivity contribution in [1.82, 2.24) is 0 Å². The van der Waals surface area contributed by atoms with Gasteiger partial charge in [-0.3, -0.25) is 4.79 Å². The van der Waals surface area contributed by atoms with Crippen molar-refractivity contribution in [2.24, 2.45) is 5.41 Å². The molecule has 0 atom stereocenters. The van der Waals surface area contributed by atoms with E-state index in [1.54, 1.807) is 13.8 Å². The maximum absolute atomic E-state index is 12.5. The van der Waals surface area contributed by atoms with E-state index in [-0.39, 0.29) is 17.2 Å². The van der Waals surface area contributed by atoms with Crippen molar-refractivity contribution >= 4 is 29.0 Å². The molecule has 100 valence electrons. The van der Waals surface area contributed by atoms with Crippen LogP contribution in [0.15, 0.2) is 18.2 Å². The largest absolute Gasteiger partial charge is 0.417 e. The second-order valence-electron chi connectivity index (χ2n) is 4.54. The molecule has 1 aromatic rings. The minimum Gasteiger partial charge on any atom is -0.294 e. The molecule has 0 N–H and O–H groups in total. The SMILES string of the molecule is CC(C)(CCl)C(=O)c1ccc(C(F)(F)F)c(Cl)c1. The van der Waals surface area contributed by atoms with Crippen LogP contribution in [0, 0.1) is 5.41 Å². The normalized spacial score (nSPS) is 12.6. The molecule has 18 heavy (non-hydrogen) atoms. The molecule has 0 aliphatic rings. The number of ketones is 1. The third kappa shape index (κ3) is 3.18. The fourth-order valence-corrected chi connectivity index (χ4v) is 1.75. The van der Waals surface area contributed by atoms with Crippen molar-refractivity contribution in [3.8, 4) is 0 Å². The Hall–Kier alpha value is -0.740. The third-order valence-corrected chi connectivity index (χ3v) is 3.47. The minimum atomic E-state index is -4.53.